The van der Waals surface area contributed by atoms with E-state index in [2.05, 4.69) is 26.1 Å². The first-order chi connectivity index (χ1) is 12.5. The molecule has 0 saturated carbocycles. The lowest BCUT2D eigenvalue weighted by molar-refractivity contribution is -0.116. The van der Waals surface area contributed by atoms with Gasteiger partial charge in [0.25, 0.3) is 5.91 Å². The lowest BCUT2D eigenvalue weighted by Crippen LogP contribution is -2.35. The molecule has 0 unspecified atom stereocenters. The van der Waals surface area contributed by atoms with E-state index in [1.54, 1.807) is 13.1 Å². The van der Waals surface area contributed by atoms with Crippen LogP contribution in [0.25, 0.3) is 0 Å². The Hall–Kier alpha value is -1.86. The van der Waals surface area contributed by atoms with E-state index in [0.717, 1.165) is 28.3 Å². The van der Waals surface area contributed by atoms with Crippen LogP contribution in [-0.4, -0.2) is 43.4 Å². The summed E-state index contributed by atoms with van der Waals surface area (Å²) in [6, 6.07) is 11.5. The molecule has 7 heteroatoms. The average molecular weight is 436 g/mol. The quantitative estimate of drug-likeness (QED) is 0.764. The zero-order chi connectivity index (χ0) is 18.5. The van der Waals surface area contributed by atoms with Crippen molar-refractivity contribution in [2.45, 2.75) is 19.3 Å². The summed E-state index contributed by atoms with van der Waals surface area (Å²) in [4.78, 5) is 29.2. The highest BCUT2D eigenvalue weighted by Gasteiger charge is 2.19. The Morgan fingerprint density at radius 1 is 1.15 bits per heavy atom. The highest BCUT2D eigenvalue weighted by Crippen LogP contribution is 2.28. The minimum absolute atomic E-state index is 0.0166. The summed E-state index contributed by atoms with van der Waals surface area (Å²) < 4.78 is 0.897. The van der Waals surface area contributed by atoms with Crippen LogP contribution in [0.2, 0.25) is 0 Å². The fourth-order valence-corrected chi connectivity index (χ4v) is 4.46. The number of halogens is 1. The van der Waals surface area contributed by atoms with E-state index >= 15 is 0 Å². The number of carbonyl (C=O) groups is 2. The summed E-state index contributed by atoms with van der Waals surface area (Å²) in [5.74, 6) is -0.346. The Bertz CT molecular complexity index is 787. The lowest BCUT2D eigenvalue weighted by Gasteiger charge is -2.30. The van der Waals surface area contributed by atoms with Crippen molar-refractivity contribution >= 4 is 50.5 Å². The van der Waals surface area contributed by atoms with Gasteiger partial charge in [0.1, 0.15) is 0 Å². The number of benzene rings is 1. The molecule has 5 nitrogen and oxygen atoms in total. The second-order valence-electron chi connectivity index (χ2n) is 6.38. The molecule has 0 aliphatic carbocycles. The summed E-state index contributed by atoms with van der Waals surface area (Å²) in [7, 11) is 1.64. The van der Waals surface area contributed by atoms with Gasteiger partial charge in [-0.05, 0) is 59.5 Å². The zero-order valence-corrected chi connectivity index (χ0v) is 17.1. The number of likely N-dealkylation sites (N-methyl/N-ethyl adjacent to an activating group) is 1. The number of hydrogen-bond donors (Lipinski definition) is 1. The van der Waals surface area contributed by atoms with Crippen molar-refractivity contribution in [2.75, 3.05) is 36.9 Å². The largest absolute Gasteiger partial charge is 0.370 e. The highest BCUT2D eigenvalue weighted by molar-refractivity contribution is 9.11. The van der Waals surface area contributed by atoms with E-state index in [9.17, 15) is 9.59 Å². The van der Waals surface area contributed by atoms with Crippen LogP contribution < -0.4 is 10.2 Å². The molecule has 1 fully saturated rings. The average Bonchev–Trinajstić information content (AvgIpc) is 3.08. The number of piperidine rings is 1. The van der Waals surface area contributed by atoms with Gasteiger partial charge in [0, 0.05) is 20.1 Å². The Morgan fingerprint density at radius 2 is 1.88 bits per heavy atom. The van der Waals surface area contributed by atoms with Crippen molar-refractivity contribution in [3.05, 3.63) is 45.1 Å². The lowest BCUT2D eigenvalue weighted by atomic mass is 10.1. The maximum absolute atomic E-state index is 12.5. The van der Waals surface area contributed by atoms with Gasteiger partial charge in [-0.3, -0.25) is 9.59 Å². The van der Waals surface area contributed by atoms with Gasteiger partial charge in [0.15, 0.2) is 0 Å². The molecular weight excluding hydrogens is 414 g/mol. The van der Waals surface area contributed by atoms with Crippen LogP contribution in [0.4, 0.5) is 11.4 Å². The molecule has 26 heavy (non-hydrogen) atoms. The monoisotopic (exact) mass is 435 g/mol. The Morgan fingerprint density at radius 3 is 2.58 bits per heavy atom. The third kappa shape index (κ3) is 4.65. The second kappa shape index (κ2) is 8.68. The predicted molar refractivity (Wildman–Crippen MR) is 110 cm³/mol. The van der Waals surface area contributed by atoms with Gasteiger partial charge in [-0.1, -0.05) is 12.1 Å². The standard InChI is InChI=1S/C19H22BrN3O2S/c1-22(19(25)16-9-10-17(20)26-16)13-18(24)21-14-7-3-4-8-15(14)23-11-5-2-6-12-23/h3-4,7-10H,2,5-6,11-13H2,1H3,(H,21,24). The van der Waals surface area contributed by atoms with Gasteiger partial charge in [0.05, 0.1) is 26.6 Å². The van der Waals surface area contributed by atoms with Crippen molar-refractivity contribution in [3.63, 3.8) is 0 Å². The normalized spacial score (nSPS) is 14.2. The maximum Gasteiger partial charge on any atom is 0.264 e. The zero-order valence-electron chi connectivity index (χ0n) is 14.7. The molecule has 0 radical (unpaired) electrons. The SMILES string of the molecule is CN(CC(=O)Nc1ccccc1N1CCCCC1)C(=O)c1ccc(Br)s1. The summed E-state index contributed by atoms with van der Waals surface area (Å²) in [6.07, 6.45) is 3.61. The molecule has 0 atom stereocenters. The van der Waals surface area contributed by atoms with Gasteiger partial charge in [-0.25, -0.2) is 0 Å². The van der Waals surface area contributed by atoms with Crippen LogP contribution in [0.3, 0.4) is 0 Å². The van der Waals surface area contributed by atoms with E-state index in [1.165, 1.54) is 35.5 Å². The Labute approximate surface area is 166 Å². The van der Waals surface area contributed by atoms with Crippen LogP contribution in [0.1, 0.15) is 28.9 Å². The van der Waals surface area contributed by atoms with Crippen LogP contribution in [-0.2, 0) is 4.79 Å². The highest BCUT2D eigenvalue weighted by atomic mass is 79.9. The molecule has 3 rings (SSSR count). The summed E-state index contributed by atoms with van der Waals surface area (Å²) >= 11 is 4.72. The summed E-state index contributed by atoms with van der Waals surface area (Å²) in [6.45, 7) is 2.04. The van der Waals surface area contributed by atoms with E-state index < -0.39 is 0 Å². The number of hydrogen-bond acceptors (Lipinski definition) is 4. The number of amides is 2. The van der Waals surface area contributed by atoms with Crippen LogP contribution in [0.5, 0.6) is 0 Å². The molecular formula is C19H22BrN3O2S. The number of para-hydroxylation sites is 2. The second-order valence-corrected chi connectivity index (χ2v) is 8.84. The molecule has 1 saturated heterocycles. The third-order valence-corrected chi connectivity index (χ3v) is 6.00. The number of nitrogens with zero attached hydrogens (tertiary/aromatic N) is 2. The van der Waals surface area contributed by atoms with Crippen LogP contribution >= 0.6 is 27.3 Å². The van der Waals surface area contributed by atoms with Crippen molar-refractivity contribution in [1.82, 2.24) is 4.90 Å². The first-order valence-electron chi connectivity index (χ1n) is 8.69. The molecule has 2 aromatic rings. The molecule has 138 valence electrons. The van der Waals surface area contributed by atoms with Gasteiger partial charge in [-0.15, -0.1) is 11.3 Å². The minimum Gasteiger partial charge on any atom is -0.370 e. The molecule has 2 amide bonds. The van der Waals surface area contributed by atoms with Gasteiger partial charge < -0.3 is 15.1 Å². The first-order valence-corrected chi connectivity index (χ1v) is 10.3. The van der Waals surface area contributed by atoms with Crippen LogP contribution in [0, 0.1) is 0 Å². The topological polar surface area (TPSA) is 52.7 Å². The fraction of sp³-hybridized carbons (Fsp3) is 0.368. The van der Waals surface area contributed by atoms with Crippen molar-refractivity contribution in [2.24, 2.45) is 0 Å². The number of anilines is 2. The van der Waals surface area contributed by atoms with Crippen molar-refractivity contribution in [3.8, 4) is 0 Å². The molecule has 1 N–H and O–H groups in total. The Kier molecular flexibility index (Phi) is 6.32. The molecule has 0 bridgehead atoms. The predicted octanol–water partition coefficient (Wildman–Crippen LogP) is 4.21. The van der Waals surface area contributed by atoms with Crippen molar-refractivity contribution < 1.29 is 9.59 Å². The van der Waals surface area contributed by atoms with E-state index in [1.807, 2.05) is 30.3 Å². The summed E-state index contributed by atoms with van der Waals surface area (Å²) in [5, 5.41) is 2.97. The Balaban J connectivity index is 1.64. The van der Waals surface area contributed by atoms with E-state index in [4.69, 9.17) is 0 Å². The molecule has 1 aliphatic rings. The fourth-order valence-electron chi connectivity index (χ4n) is 3.08. The van der Waals surface area contributed by atoms with Crippen molar-refractivity contribution in [1.29, 1.82) is 0 Å². The number of carbonyl (C=O) groups excluding carboxylic acids is 2. The number of thiophene rings is 1. The summed E-state index contributed by atoms with van der Waals surface area (Å²) in [5.41, 5.74) is 1.86. The maximum atomic E-state index is 12.5. The smallest absolute Gasteiger partial charge is 0.264 e. The minimum atomic E-state index is -0.194. The number of nitrogens with one attached hydrogen (secondary N) is 1. The molecule has 1 aliphatic heterocycles. The number of rotatable bonds is 5. The third-order valence-electron chi connectivity index (χ3n) is 4.39. The van der Waals surface area contributed by atoms with Gasteiger partial charge in [-0.2, -0.15) is 0 Å². The molecule has 0 spiro atoms. The first kappa shape index (κ1) is 18.9. The van der Waals surface area contributed by atoms with Gasteiger partial charge in [0.2, 0.25) is 5.91 Å². The van der Waals surface area contributed by atoms with E-state index in [-0.39, 0.29) is 18.4 Å². The molecule has 2 heterocycles. The molecule has 1 aromatic heterocycles. The molecule has 1 aromatic carbocycles. The van der Waals surface area contributed by atoms with Gasteiger partial charge >= 0.3 is 0 Å². The van der Waals surface area contributed by atoms with Crippen LogP contribution in [0.15, 0.2) is 40.2 Å². The van der Waals surface area contributed by atoms with E-state index in [0.29, 0.717) is 4.88 Å².